The highest BCUT2D eigenvalue weighted by Crippen LogP contribution is 2.39. The smallest absolute Gasteiger partial charge is 0.126 e. The summed E-state index contributed by atoms with van der Waals surface area (Å²) >= 11 is 0. The molecule has 10 bridgehead atoms. The number of benzene rings is 4. The fraction of sp³-hybridized carbons (Fsp3) is 0.571. The molecule has 1 aliphatic carbocycles. The van der Waals surface area contributed by atoms with E-state index in [1.54, 1.807) is 0 Å². The van der Waals surface area contributed by atoms with Crippen molar-refractivity contribution >= 4 is 0 Å². The largest absolute Gasteiger partial charge is 0.493 e. The maximum absolute atomic E-state index is 6.91. The zero-order valence-electron chi connectivity index (χ0n) is 39.4. The van der Waals surface area contributed by atoms with Crippen LogP contribution in [0.25, 0.3) is 0 Å². The number of para-hydroxylation sites is 4. The molecule has 0 atom stereocenters. The predicted octanol–water partition coefficient (Wildman–Crippen LogP) is 12.5. The van der Waals surface area contributed by atoms with Crippen molar-refractivity contribution in [1.82, 2.24) is 0 Å². The normalized spacial score (nSPS) is 15.5. The molecule has 350 valence electrons. The molecule has 0 fully saturated rings. The monoisotopic (exact) mass is 879 g/mol. The molecule has 2 aliphatic rings. The fourth-order valence-electron chi connectivity index (χ4n) is 8.86. The van der Waals surface area contributed by atoms with Gasteiger partial charge in [-0.25, -0.2) is 0 Å². The molecule has 6 rings (SSSR count). The van der Waals surface area contributed by atoms with Crippen LogP contribution in [0.2, 0.25) is 0 Å². The molecule has 0 unspecified atom stereocenters. The van der Waals surface area contributed by atoms with Crippen molar-refractivity contribution in [3.05, 3.63) is 117 Å². The average Bonchev–Trinajstić information content (AvgIpc) is 3.30. The van der Waals surface area contributed by atoms with Crippen molar-refractivity contribution in [1.29, 1.82) is 0 Å². The van der Waals surface area contributed by atoms with Gasteiger partial charge in [0.15, 0.2) is 0 Å². The topological polar surface area (TPSA) is 73.8 Å². The SMILES string of the molecule is CCCCCCCCCOc1c2cccc1Cc1cccc3c1OCCOCCOCCOCCOCCOc1c(cccc1Cc1cccc(c1OCCCCCCCCC)C3)C2. The lowest BCUT2D eigenvalue weighted by Crippen LogP contribution is -2.15. The molecule has 1 heterocycles. The van der Waals surface area contributed by atoms with Crippen molar-refractivity contribution in [3.8, 4) is 23.0 Å². The number of rotatable bonds is 18. The number of ether oxygens (including phenoxy) is 8. The fourth-order valence-corrected chi connectivity index (χ4v) is 8.86. The van der Waals surface area contributed by atoms with Gasteiger partial charge in [-0.15, -0.1) is 0 Å². The molecule has 0 N–H and O–H groups in total. The Morgan fingerprint density at radius 2 is 0.594 bits per heavy atom. The van der Waals surface area contributed by atoms with E-state index in [1.807, 2.05) is 0 Å². The molecule has 8 nitrogen and oxygen atoms in total. The zero-order chi connectivity index (χ0) is 44.3. The minimum atomic E-state index is 0.424. The Morgan fingerprint density at radius 3 is 0.906 bits per heavy atom. The van der Waals surface area contributed by atoms with Crippen LogP contribution in [0.15, 0.2) is 72.8 Å². The highest BCUT2D eigenvalue weighted by Gasteiger charge is 2.22. The summed E-state index contributed by atoms with van der Waals surface area (Å²) in [5.74, 6) is 3.76. The quantitative estimate of drug-likeness (QED) is 0.0806. The summed E-state index contributed by atoms with van der Waals surface area (Å²) in [7, 11) is 0. The van der Waals surface area contributed by atoms with E-state index in [0.717, 1.165) is 80.3 Å². The Bertz CT molecular complexity index is 1690. The Morgan fingerprint density at radius 1 is 0.328 bits per heavy atom. The van der Waals surface area contributed by atoms with E-state index >= 15 is 0 Å². The van der Waals surface area contributed by atoms with Crippen molar-refractivity contribution in [2.75, 3.05) is 79.3 Å². The van der Waals surface area contributed by atoms with E-state index in [2.05, 4.69) is 86.6 Å². The summed E-state index contributed by atoms with van der Waals surface area (Å²) in [6, 6.07) is 26.5. The van der Waals surface area contributed by atoms with E-state index in [4.69, 9.17) is 37.9 Å². The lowest BCUT2D eigenvalue weighted by Gasteiger charge is -2.23. The van der Waals surface area contributed by atoms with E-state index in [1.165, 1.54) is 77.0 Å². The minimum Gasteiger partial charge on any atom is -0.493 e. The van der Waals surface area contributed by atoms with Gasteiger partial charge in [-0.05, 0) is 57.3 Å². The Hall–Kier alpha value is -4.08. The third kappa shape index (κ3) is 16.4. The first-order valence-corrected chi connectivity index (χ1v) is 25.0. The molecular formula is C56H78O8. The van der Waals surface area contributed by atoms with Crippen LogP contribution in [0.4, 0.5) is 0 Å². The molecular weight excluding hydrogens is 801 g/mol. The first kappa shape index (κ1) is 49.4. The van der Waals surface area contributed by atoms with Gasteiger partial charge in [-0.1, -0.05) is 164 Å². The van der Waals surface area contributed by atoms with E-state index in [-0.39, 0.29) is 0 Å². The van der Waals surface area contributed by atoms with Crippen molar-refractivity contribution < 1.29 is 37.9 Å². The van der Waals surface area contributed by atoms with Crippen molar-refractivity contribution in [2.24, 2.45) is 0 Å². The second kappa shape index (κ2) is 29.5. The van der Waals surface area contributed by atoms with Gasteiger partial charge in [0.2, 0.25) is 0 Å². The van der Waals surface area contributed by atoms with Gasteiger partial charge in [0, 0.05) is 25.7 Å². The minimum absolute atomic E-state index is 0.424. The molecule has 8 heteroatoms. The molecule has 4 aromatic rings. The maximum atomic E-state index is 6.91. The standard InChI is InChI=1S/C56H78O8/c1-3-5-7-9-11-13-15-29-61-53-45-21-17-22-46(53)42-50-26-20-28-52-44-48-24-18-23-47(54(48)62-30-16-14-12-10-8-6-4-2)43-51-27-19-25-49(41-45)55(51)63-39-37-59-35-33-57-31-32-58-34-36-60-38-40-64-56(50)52/h17-28H,3-16,29-44H2,1-2H3. The van der Waals surface area contributed by atoms with E-state index < -0.39 is 0 Å². The third-order valence-corrected chi connectivity index (χ3v) is 12.3. The van der Waals surface area contributed by atoms with Gasteiger partial charge in [0.25, 0.3) is 0 Å². The van der Waals surface area contributed by atoms with Crippen molar-refractivity contribution in [3.63, 3.8) is 0 Å². The summed E-state index contributed by atoms with van der Waals surface area (Å²) in [6.07, 6.45) is 20.0. The summed E-state index contributed by atoms with van der Waals surface area (Å²) in [5.41, 5.74) is 9.14. The Labute approximate surface area is 385 Å². The number of hydrogen-bond acceptors (Lipinski definition) is 8. The summed E-state index contributed by atoms with van der Waals surface area (Å²) < 4.78 is 51.0. The van der Waals surface area contributed by atoms with Crippen LogP contribution < -0.4 is 18.9 Å². The first-order valence-electron chi connectivity index (χ1n) is 25.0. The molecule has 0 aromatic heterocycles. The molecule has 0 saturated carbocycles. The molecule has 1 aliphatic heterocycles. The van der Waals surface area contributed by atoms with Gasteiger partial charge in [-0.2, -0.15) is 0 Å². The highest BCUT2D eigenvalue weighted by molar-refractivity contribution is 5.56. The lowest BCUT2D eigenvalue weighted by molar-refractivity contribution is -0.00706. The Kier molecular flexibility index (Phi) is 22.7. The average molecular weight is 879 g/mol. The lowest BCUT2D eigenvalue weighted by atomic mass is 9.91. The van der Waals surface area contributed by atoms with Crippen LogP contribution in [0.5, 0.6) is 23.0 Å². The first-order chi connectivity index (χ1) is 31.7. The summed E-state index contributed by atoms with van der Waals surface area (Å²) in [5, 5.41) is 0. The van der Waals surface area contributed by atoms with Crippen LogP contribution in [0.1, 0.15) is 148 Å². The van der Waals surface area contributed by atoms with Crippen LogP contribution in [0, 0.1) is 0 Å². The number of unbranched alkanes of at least 4 members (excludes halogenated alkanes) is 12. The van der Waals surface area contributed by atoms with Gasteiger partial charge in [0.1, 0.15) is 36.2 Å². The highest BCUT2D eigenvalue weighted by atomic mass is 16.6. The zero-order valence-corrected chi connectivity index (χ0v) is 39.4. The van der Waals surface area contributed by atoms with Crippen LogP contribution >= 0.6 is 0 Å². The maximum Gasteiger partial charge on any atom is 0.126 e. The van der Waals surface area contributed by atoms with Gasteiger partial charge < -0.3 is 37.9 Å². The molecule has 64 heavy (non-hydrogen) atoms. The van der Waals surface area contributed by atoms with Gasteiger partial charge >= 0.3 is 0 Å². The molecule has 0 spiro atoms. The van der Waals surface area contributed by atoms with Crippen LogP contribution in [-0.4, -0.2) is 79.3 Å². The molecule has 4 aromatic carbocycles. The third-order valence-electron chi connectivity index (χ3n) is 12.3. The van der Waals surface area contributed by atoms with E-state index in [0.29, 0.717) is 105 Å². The van der Waals surface area contributed by atoms with Gasteiger partial charge in [-0.3, -0.25) is 0 Å². The molecule has 0 saturated heterocycles. The second-order valence-electron chi connectivity index (χ2n) is 17.4. The predicted molar refractivity (Wildman–Crippen MR) is 258 cm³/mol. The summed E-state index contributed by atoms with van der Waals surface area (Å²) in [6.45, 7) is 10.7. The molecule has 0 radical (unpaired) electrons. The molecule has 0 amide bonds. The second-order valence-corrected chi connectivity index (χ2v) is 17.4. The number of hydrogen-bond donors (Lipinski definition) is 0. The Balaban J connectivity index is 1.39. The van der Waals surface area contributed by atoms with Gasteiger partial charge in [0.05, 0.1) is 66.1 Å². The van der Waals surface area contributed by atoms with Crippen LogP contribution in [-0.2, 0) is 44.6 Å². The van der Waals surface area contributed by atoms with Crippen LogP contribution in [0.3, 0.4) is 0 Å². The van der Waals surface area contributed by atoms with E-state index in [9.17, 15) is 0 Å². The van der Waals surface area contributed by atoms with Crippen molar-refractivity contribution in [2.45, 2.75) is 129 Å². The number of fused-ring (bicyclic) bond motifs is 2. The summed E-state index contributed by atoms with van der Waals surface area (Å²) in [4.78, 5) is 0.